The summed E-state index contributed by atoms with van der Waals surface area (Å²) in [4.78, 5) is 19.4. The van der Waals surface area contributed by atoms with Crippen molar-refractivity contribution in [1.82, 2.24) is 19.6 Å². The number of fused-ring (bicyclic) bond motifs is 2. The van der Waals surface area contributed by atoms with Crippen LogP contribution >= 0.6 is 0 Å². The molecule has 3 aromatic rings. The van der Waals surface area contributed by atoms with Gasteiger partial charge in [0.05, 0.1) is 11.3 Å². The molecule has 1 amide bonds. The average molecular weight is 350 g/mol. The van der Waals surface area contributed by atoms with Gasteiger partial charge in [0.25, 0.3) is 5.91 Å². The molecule has 0 spiro atoms. The highest BCUT2D eigenvalue weighted by molar-refractivity contribution is 5.94. The minimum absolute atomic E-state index is 0.0818. The highest BCUT2D eigenvalue weighted by Crippen LogP contribution is 2.27. The third kappa shape index (κ3) is 2.57. The Hall–Kier alpha value is -2.73. The maximum atomic E-state index is 13.1. The maximum Gasteiger partial charge on any atom is 0.255 e. The van der Waals surface area contributed by atoms with E-state index in [0.717, 1.165) is 43.1 Å². The molecule has 0 saturated carbocycles. The minimum atomic E-state index is -0.268. The molecule has 0 unspecified atom stereocenters. The Balaban J connectivity index is 1.42. The quantitative estimate of drug-likeness (QED) is 0.772. The van der Waals surface area contributed by atoms with Gasteiger partial charge >= 0.3 is 0 Å². The first kappa shape index (κ1) is 15.5. The number of benzene rings is 1. The number of nitrogens with one attached hydrogen (secondary N) is 1. The first-order valence-electron chi connectivity index (χ1n) is 8.92. The monoisotopic (exact) mass is 350 g/mol. The van der Waals surface area contributed by atoms with E-state index in [0.29, 0.717) is 17.4 Å². The van der Waals surface area contributed by atoms with Crippen LogP contribution < -0.4 is 5.32 Å². The van der Waals surface area contributed by atoms with Gasteiger partial charge in [-0.15, -0.1) is 0 Å². The van der Waals surface area contributed by atoms with Crippen LogP contribution in [0.5, 0.6) is 0 Å². The summed E-state index contributed by atoms with van der Waals surface area (Å²) in [6.07, 6.45) is 3.71. The summed E-state index contributed by atoms with van der Waals surface area (Å²) < 4.78 is 15.0. The van der Waals surface area contributed by atoms with Gasteiger partial charge in [0.1, 0.15) is 11.5 Å². The van der Waals surface area contributed by atoms with E-state index in [-0.39, 0.29) is 11.7 Å². The lowest BCUT2D eigenvalue weighted by Gasteiger charge is -2.17. The van der Waals surface area contributed by atoms with Crippen LogP contribution in [0.15, 0.2) is 48.8 Å². The molecule has 0 radical (unpaired) electrons. The Morgan fingerprint density at radius 3 is 2.50 bits per heavy atom. The van der Waals surface area contributed by atoms with Crippen molar-refractivity contribution < 1.29 is 9.18 Å². The Morgan fingerprint density at radius 2 is 1.77 bits per heavy atom. The SMILES string of the molecule is O=C(c1ccc2nc(-c3ccc(F)cc3)cn2c1)N1C[C@H]2CNC[C@H]2C1. The smallest absolute Gasteiger partial charge is 0.255 e. The van der Waals surface area contributed by atoms with Crippen molar-refractivity contribution in [2.75, 3.05) is 26.2 Å². The van der Waals surface area contributed by atoms with Gasteiger partial charge in [-0.25, -0.2) is 9.37 Å². The predicted molar refractivity (Wildman–Crippen MR) is 96.3 cm³/mol. The Labute approximate surface area is 150 Å². The number of imidazole rings is 1. The lowest BCUT2D eigenvalue weighted by molar-refractivity contribution is 0.0781. The molecule has 2 fully saturated rings. The number of amides is 1. The third-order valence-electron chi connectivity index (χ3n) is 5.51. The number of hydrogen-bond acceptors (Lipinski definition) is 3. The van der Waals surface area contributed by atoms with Crippen molar-refractivity contribution in [3.8, 4) is 11.3 Å². The topological polar surface area (TPSA) is 49.6 Å². The number of pyridine rings is 1. The molecule has 2 aromatic heterocycles. The van der Waals surface area contributed by atoms with Gasteiger partial charge in [-0.1, -0.05) is 0 Å². The fraction of sp³-hybridized carbons (Fsp3) is 0.300. The van der Waals surface area contributed by atoms with Gasteiger partial charge in [0.15, 0.2) is 0 Å². The van der Waals surface area contributed by atoms with Gasteiger partial charge in [-0.2, -0.15) is 0 Å². The first-order chi connectivity index (χ1) is 12.7. The summed E-state index contributed by atoms with van der Waals surface area (Å²) in [6, 6.07) is 9.96. The van der Waals surface area contributed by atoms with E-state index in [2.05, 4.69) is 10.3 Å². The number of carbonyl (C=O) groups is 1. The first-order valence-corrected chi connectivity index (χ1v) is 8.92. The van der Waals surface area contributed by atoms with E-state index in [9.17, 15) is 9.18 Å². The largest absolute Gasteiger partial charge is 0.338 e. The lowest BCUT2D eigenvalue weighted by atomic mass is 10.0. The van der Waals surface area contributed by atoms with Crippen LogP contribution in [-0.4, -0.2) is 46.4 Å². The number of rotatable bonds is 2. The van der Waals surface area contributed by atoms with Crippen molar-refractivity contribution in [1.29, 1.82) is 0 Å². The van der Waals surface area contributed by atoms with E-state index < -0.39 is 0 Å². The van der Waals surface area contributed by atoms with Crippen molar-refractivity contribution >= 4 is 11.6 Å². The molecule has 5 rings (SSSR count). The zero-order valence-electron chi connectivity index (χ0n) is 14.2. The number of carbonyl (C=O) groups excluding carboxylic acids is 1. The zero-order chi connectivity index (χ0) is 17.7. The fourth-order valence-electron chi connectivity index (χ4n) is 4.08. The van der Waals surface area contributed by atoms with Crippen molar-refractivity contribution in [3.05, 3.63) is 60.2 Å². The number of likely N-dealkylation sites (tertiary alicyclic amines) is 1. The predicted octanol–water partition coefficient (Wildman–Crippen LogP) is 2.43. The minimum Gasteiger partial charge on any atom is -0.338 e. The van der Waals surface area contributed by atoms with Crippen LogP contribution in [0.1, 0.15) is 10.4 Å². The standard InChI is InChI=1S/C20H19FN4O/c21-17-4-1-13(2-5-17)18-12-24-9-14(3-6-19(24)23-18)20(26)25-10-15-7-22-8-16(15)11-25/h1-6,9,12,15-16,22H,7-8,10-11H2/t15-,16+. The summed E-state index contributed by atoms with van der Waals surface area (Å²) in [5.41, 5.74) is 3.05. The van der Waals surface area contributed by atoms with Crippen LogP contribution in [-0.2, 0) is 0 Å². The Bertz CT molecular complexity index is 969. The van der Waals surface area contributed by atoms with Crippen molar-refractivity contribution in [2.24, 2.45) is 11.8 Å². The van der Waals surface area contributed by atoms with E-state index in [1.807, 2.05) is 33.8 Å². The number of hydrogen-bond donors (Lipinski definition) is 1. The van der Waals surface area contributed by atoms with Gasteiger partial charge in [0, 0.05) is 44.1 Å². The molecule has 6 heteroatoms. The van der Waals surface area contributed by atoms with E-state index >= 15 is 0 Å². The normalized spacial score (nSPS) is 22.1. The molecule has 1 aromatic carbocycles. The van der Waals surface area contributed by atoms with Crippen LogP contribution in [0.4, 0.5) is 4.39 Å². The second-order valence-corrected chi connectivity index (χ2v) is 7.20. The summed E-state index contributed by atoms with van der Waals surface area (Å²) >= 11 is 0. The van der Waals surface area contributed by atoms with Gasteiger partial charge in [-0.05, 0) is 48.2 Å². The zero-order valence-corrected chi connectivity index (χ0v) is 14.2. The molecule has 2 saturated heterocycles. The van der Waals surface area contributed by atoms with Gasteiger partial charge in [-0.3, -0.25) is 4.79 Å². The molecule has 0 aliphatic carbocycles. The molecule has 132 valence electrons. The van der Waals surface area contributed by atoms with E-state index in [1.165, 1.54) is 12.1 Å². The molecule has 2 atom stereocenters. The molecule has 1 N–H and O–H groups in total. The molecule has 2 aliphatic heterocycles. The van der Waals surface area contributed by atoms with Crippen LogP contribution in [0.25, 0.3) is 16.9 Å². The average Bonchev–Trinajstić information content (AvgIpc) is 3.35. The Kier molecular flexibility index (Phi) is 3.53. The van der Waals surface area contributed by atoms with Crippen molar-refractivity contribution in [2.45, 2.75) is 0 Å². The molecular formula is C20H19FN4O. The van der Waals surface area contributed by atoms with Crippen LogP contribution in [0, 0.1) is 17.7 Å². The van der Waals surface area contributed by atoms with Gasteiger partial charge in [0.2, 0.25) is 0 Å². The number of nitrogens with zero attached hydrogens (tertiary/aromatic N) is 3. The van der Waals surface area contributed by atoms with Crippen LogP contribution in [0.2, 0.25) is 0 Å². The van der Waals surface area contributed by atoms with Crippen molar-refractivity contribution in [3.63, 3.8) is 0 Å². The molecule has 5 nitrogen and oxygen atoms in total. The number of aromatic nitrogens is 2. The number of halogens is 1. The maximum absolute atomic E-state index is 13.1. The lowest BCUT2D eigenvalue weighted by Crippen LogP contribution is -2.31. The molecule has 26 heavy (non-hydrogen) atoms. The molecule has 2 aliphatic rings. The van der Waals surface area contributed by atoms with E-state index in [1.54, 1.807) is 12.1 Å². The highest BCUT2D eigenvalue weighted by Gasteiger charge is 2.38. The molecule has 0 bridgehead atoms. The second kappa shape index (κ2) is 5.92. The summed E-state index contributed by atoms with van der Waals surface area (Å²) in [5, 5.41) is 3.40. The summed E-state index contributed by atoms with van der Waals surface area (Å²) in [7, 11) is 0. The van der Waals surface area contributed by atoms with Gasteiger partial charge < -0.3 is 14.6 Å². The third-order valence-corrected chi connectivity index (χ3v) is 5.51. The summed E-state index contributed by atoms with van der Waals surface area (Å²) in [6.45, 7) is 3.69. The van der Waals surface area contributed by atoms with Crippen LogP contribution in [0.3, 0.4) is 0 Å². The highest BCUT2D eigenvalue weighted by atomic mass is 19.1. The molecular weight excluding hydrogens is 331 g/mol. The summed E-state index contributed by atoms with van der Waals surface area (Å²) in [5.74, 6) is 0.983. The fourth-order valence-corrected chi connectivity index (χ4v) is 4.08. The Morgan fingerprint density at radius 1 is 1.04 bits per heavy atom. The van der Waals surface area contributed by atoms with E-state index in [4.69, 9.17) is 0 Å². The second-order valence-electron chi connectivity index (χ2n) is 7.20. The molecule has 4 heterocycles.